The minimum atomic E-state index is -0.287. The van der Waals surface area contributed by atoms with Crippen LogP contribution < -0.4 is 0 Å². The van der Waals surface area contributed by atoms with Crippen molar-refractivity contribution in [2.75, 3.05) is 0 Å². The summed E-state index contributed by atoms with van der Waals surface area (Å²) in [5, 5.41) is 8.50. The Kier molecular flexibility index (Phi) is 4.30. The first-order valence-corrected chi connectivity index (χ1v) is 8.49. The largest absolute Gasteiger partial charge is 0.440 e. The van der Waals surface area contributed by atoms with E-state index in [-0.39, 0.29) is 5.82 Å². The predicted molar refractivity (Wildman–Crippen MR) is 91.2 cm³/mol. The number of hydrogen-bond donors (Lipinski definition) is 0. The zero-order valence-electron chi connectivity index (χ0n) is 12.9. The van der Waals surface area contributed by atoms with Gasteiger partial charge in [0.1, 0.15) is 5.82 Å². The highest BCUT2D eigenvalue weighted by Gasteiger charge is 2.12. The molecule has 0 bridgehead atoms. The average Bonchev–Trinajstić information content (AvgIpc) is 3.31. The van der Waals surface area contributed by atoms with Crippen LogP contribution in [0.5, 0.6) is 0 Å². The fourth-order valence-electron chi connectivity index (χ4n) is 2.21. The molecule has 0 radical (unpaired) electrons. The lowest BCUT2D eigenvalue weighted by molar-refractivity contribution is 0.464. The molecule has 4 rings (SSSR count). The zero-order chi connectivity index (χ0) is 17.1. The van der Waals surface area contributed by atoms with E-state index in [0.29, 0.717) is 28.5 Å². The molecule has 25 heavy (non-hydrogen) atoms. The second kappa shape index (κ2) is 6.90. The molecule has 0 saturated carbocycles. The van der Waals surface area contributed by atoms with Crippen LogP contribution in [0.25, 0.3) is 22.8 Å². The number of oxazole rings is 1. The van der Waals surface area contributed by atoms with Crippen LogP contribution in [0.1, 0.15) is 5.89 Å². The summed E-state index contributed by atoms with van der Waals surface area (Å²) < 4.78 is 24.3. The van der Waals surface area contributed by atoms with Crippen molar-refractivity contribution in [3.63, 3.8) is 0 Å². The molecule has 0 saturated heterocycles. The monoisotopic (exact) mass is 353 g/mol. The van der Waals surface area contributed by atoms with Crippen LogP contribution in [-0.2, 0) is 5.75 Å². The van der Waals surface area contributed by atoms with Gasteiger partial charge in [-0.25, -0.2) is 9.37 Å². The van der Waals surface area contributed by atoms with Crippen molar-refractivity contribution in [2.45, 2.75) is 11.0 Å². The Morgan fingerprint density at radius 2 is 1.68 bits per heavy atom. The summed E-state index contributed by atoms with van der Waals surface area (Å²) in [7, 11) is 0. The van der Waals surface area contributed by atoms with Crippen molar-refractivity contribution >= 4 is 11.8 Å². The lowest BCUT2D eigenvalue weighted by atomic mass is 10.2. The Balaban J connectivity index is 1.42. The number of halogens is 1. The number of rotatable bonds is 5. The number of thioether (sulfide) groups is 1. The van der Waals surface area contributed by atoms with E-state index < -0.39 is 0 Å². The predicted octanol–water partition coefficient (Wildman–Crippen LogP) is 4.82. The summed E-state index contributed by atoms with van der Waals surface area (Å²) >= 11 is 1.34. The molecule has 124 valence electrons. The van der Waals surface area contributed by atoms with E-state index in [9.17, 15) is 4.39 Å². The molecule has 0 aliphatic heterocycles. The van der Waals surface area contributed by atoms with E-state index in [1.807, 2.05) is 30.3 Å². The first-order valence-electron chi connectivity index (χ1n) is 7.50. The first-order chi connectivity index (χ1) is 12.3. The van der Waals surface area contributed by atoms with Crippen molar-refractivity contribution in [1.82, 2.24) is 15.2 Å². The highest BCUT2D eigenvalue weighted by Crippen LogP contribution is 2.27. The molecule has 5 nitrogen and oxygen atoms in total. The molecule has 0 amide bonds. The maximum atomic E-state index is 13.0. The summed E-state index contributed by atoms with van der Waals surface area (Å²) in [6.45, 7) is 0. The molecule has 0 atom stereocenters. The van der Waals surface area contributed by atoms with Gasteiger partial charge in [0.15, 0.2) is 5.76 Å². The smallest absolute Gasteiger partial charge is 0.277 e. The van der Waals surface area contributed by atoms with E-state index in [1.165, 1.54) is 23.9 Å². The normalized spacial score (nSPS) is 10.9. The standard InChI is InChI=1S/C18H12FN3O2S/c19-14-8-6-12(7-9-14)15-10-20-16(23-15)11-25-18-22-21-17(24-18)13-4-2-1-3-5-13/h1-10H,11H2. The Labute approximate surface area is 146 Å². The second-order valence-electron chi connectivity index (χ2n) is 5.15. The van der Waals surface area contributed by atoms with Crippen molar-refractivity contribution in [1.29, 1.82) is 0 Å². The fourth-order valence-corrected chi connectivity index (χ4v) is 2.83. The summed E-state index contributed by atoms with van der Waals surface area (Å²) in [5.41, 5.74) is 1.64. The van der Waals surface area contributed by atoms with Crippen LogP contribution in [0.4, 0.5) is 4.39 Å². The molecule has 0 unspecified atom stereocenters. The van der Waals surface area contributed by atoms with E-state index in [1.54, 1.807) is 18.3 Å². The van der Waals surface area contributed by atoms with Crippen LogP contribution in [0.15, 0.2) is 74.9 Å². The molecule has 0 fully saturated rings. The van der Waals surface area contributed by atoms with Crippen LogP contribution in [0.2, 0.25) is 0 Å². The third-order valence-corrected chi connectivity index (χ3v) is 4.23. The number of nitrogens with zero attached hydrogens (tertiary/aromatic N) is 3. The molecule has 2 aromatic heterocycles. The number of aromatic nitrogens is 3. The molecule has 2 heterocycles. The van der Waals surface area contributed by atoms with Gasteiger partial charge in [-0.2, -0.15) is 0 Å². The van der Waals surface area contributed by atoms with Crippen LogP contribution >= 0.6 is 11.8 Å². The molecule has 4 aromatic rings. The van der Waals surface area contributed by atoms with Crippen LogP contribution in [0.3, 0.4) is 0 Å². The van der Waals surface area contributed by atoms with E-state index in [2.05, 4.69) is 15.2 Å². The lowest BCUT2D eigenvalue weighted by Crippen LogP contribution is -1.79. The third kappa shape index (κ3) is 3.61. The van der Waals surface area contributed by atoms with Gasteiger partial charge in [-0.1, -0.05) is 30.0 Å². The molecule has 0 N–H and O–H groups in total. The second-order valence-corrected chi connectivity index (χ2v) is 6.08. The van der Waals surface area contributed by atoms with E-state index in [4.69, 9.17) is 8.83 Å². The van der Waals surface area contributed by atoms with Gasteiger partial charge in [-0.05, 0) is 36.4 Å². The average molecular weight is 353 g/mol. The summed E-state index contributed by atoms with van der Waals surface area (Å²) in [6, 6.07) is 15.6. The lowest BCUT2D eigenvalue weighted by Gasteiger charge is -1.96. The van der Waals surface area contributed by atoms with Crippen LogP contribution in [-0.4, -0.2) is 15.2 Å². The highest BCUT2D eigenvalue weighted by molar-refractivity contribution is 7.98. The molecule has 0 aliphatic rings. The summed E-state index contributed by atoms with van der Waals surface area (Å²) in [5.74, 6) is 1.76. The molecule has 2 aromatic carbocycles. The molecular weight excluding hydrogens is 341 g/mol. The first kappa shape index (κ1) is 15.6. The zero-order valence-corrected chi connectivity index (χ0v) is 13.7. The molecule has 0 spiro atoms. The van der Waals surface area contributed by atoms with Crippen LogP contribution in [0, 0.1) is 5.82 Å². The quantitative estimate of drug-likeness (QED) is 0.479. The number of benzene rings is 2. The van der Waals surface area contributed by atoms with Gasteiger partial charge < -0.3 is 8.83 Å². The molecule has 0 aliphatic carbocycles. The molecular formula is C18H12FN3O2S. The summed E-state index contributed by atoms with van der Waals surface area (Å²) in [4.78, 5) is 4.22. The van der Waals surface area contributed by atoms with Gasteiger partial charge in [0.2, 0.25) is 11.8 Å². The maximum absolute atomic E-state index is 13.0. The fraction of sp³-hybridized carbons (Fsp3) is 0.0556. The van der Waals surface area contributed by atoms with Crippen molar-refractivity contribution in [3.05, 3.63) is 72.5 Å². The van der Waals surface area contributed by atoms with Gasteiger partial charge in [-0.3, -0.25) is 0 Å². The highest BCUT2D eigenvalue weighted by atomic mass is 32.2. The number of hydrogen-bond acceptors (Lipinski definition) is 6. The van der Waals surface area contributed by atoms with E-state index in [0.717, 1.165) is 11.1 Å². The van der Waals surface area contributed by atoms with Gasteiger partial charge in [0.25, 0.3) is 5.22 Å². The third-order valence-electron chi connectivity index (χ3n) is 3.43. The Morgan fingerprint density at radius 1 is 0.880 bits per heavy atom. The Bertz CT molecular complexity index is 967. The molecule has 7 heteroatoms. The summed E-state index contributed by atoms with van der Waals surface area (Å²) in [6.07, 6.45) is 1.62. The van der Waals surface area contributed by atoms with Gasteiger partial charge >= 0.3 is 0 Å². The Morgan fingerprint density at radius 3 is 2.48 bits per heavy atom. The van der Waals surface area contributed by atoms with E-state index >= 15 is 0 Å². The maximum Gasteiger partial charge on any atom is 0.277 e. The van der Waals surface area contributed by atoms with Gasteiger partial charge in [0.05, 0.1) is 11.9 Å². The minimum absolute atomic E-state index is 0.287. The van der Waals surface area contributed by atoms with Gasteiger partial charge in [0, 0.05) is 11.1 Å². The SMILES string of the molecule is Fc1ccc(-c2cnc(CSc3nnc(-c4ccccc4)o3)o2)cc1. The minimum Gasteiger partial charge on any atom is -0.440 e. The topological polar surface area (TPSA) is 65.0 Å². The van der Waals surface area contributed by atoms with Crippen molar-refractivity contribution < 1.29 is 13.2 Å². The van der Waals surface area contributed by atoms with Crippen molar-refractivity contribution in [3.8, 4) is 22.8 Å². The Hall–Kier alpha value is -2.93. The van der Waals surface area contributed by atoms with Crippen molar-refractivity contribution in [2.24, 2.45) is 0 Å². The van der Waals surface area contributed by atoms with Gasteiger partial charge in [-0.15, -0.1) is 10.2 Å².